The summed E-state index contributed by atoms with van der Waals surface area (Å²) in [7, 11) is 1.85. The fourth-order valence-electron chi connectivity index (χ4n) is 1.88. The predicted molar refractivity (Wildman–Crippen MR) is 84.6 cm³/mol. The van der Waals surface area contributed by atoms with Crippen molar-refractivity contribution < 1.29 is 4.79 Å². The van der Waals surface area contributed by atoms with Crippen molar-refractivity contribution in [2.75, 3.05) is 7.05 Å². The number of halogens is 1. The standard InChI is InChI=1S/C16H24BrNO/c1-6-14(17)15(19)18(5)11-12-7-9-13(10-8-12)16(2,3)4/h7-10,14H,6,11H2,1-5H3. The van der Waals surface area contributed by atoms with E-state index < -0.39 is 0 Å². The van der Waals surface area contributed by atoms with Crippen molar-refractivity contribution in [2.45, 2.75) is 50.9 Å². The Morgan fingerprint density at radius 2 is 1.79 bits per heavy atom. The maximum absolute atomic E-state index is 12.0. The fraction of sp³-hybridized carbons (Fsp3) is 0.562. The highest BCUT2D eigenvalue weighted by Crippen LogP contribution is 2.22. The molecule has 1 aromatic rings. The average Bonchev–Trinajstić information content (AvgIpc) is 2.36. The number of benzene rings is 1. The molecule has 3 heteroatoms. The van der Waals surface area contributed by atoms with Crippen LogP contribution in [-0.4, -0.2) is 22.7 Å². The van der Waals surface area contributed by atoms with E-state index in [4.69, 9.17) is 0 Å². The van der Waals surface area contributed by atoms with Gasteiger partial charge in [0.15, 0.2) is 0 Å². The summed E-state index contributed by atoms with van der Waals surface area (Å²) in [6.45, 7) is 9.27. The molecule has 0 saturated carbocycles. The number of amides is 1. The third-order valence-electron chi connectivity index (χ3n) is 3.24. The average molecular weight is 326 g/mol. The molecule has 19 heavy (non-hydrogen) atoms. The molecule has 0 aliphatic rings. The highest BCUT2D eigenvalue weighted by Gasteiger charge is 2.18. The number of nitrogens with zero attached hydrogens (tertiary/aromatic N) is 1. The summed E-state index contributed by atoms with van der Waals surface area (Å²) in [5.41, 5.74) is 2.65. The van der Waals surface area contributed by atoms with Crippen molar-refractivity contribution >= 4 is 21.8 Å². The molecule has 0 bridgehead atoms. The molecule has 0 aromatic heterocycles. The molecule has 1 aromatic carbocycles. The van der Waals surface area contributed by atoms with Crippen LogP contribution in [0.1, 0.15) is 45.2 Å². The van der Waals surface area contributed by atoms with Crippen molar-refractivity contribution in [3.63, 3.8) is 0 Å². The zero-order valence-electron chi connectivity index (χ0n) is 12.5. The van der Waals surface area contributed by atoms with Gasteiger partial charge in [0.05, 0.1) is 4.83 Å². The summed E-state index contributed by atoms with van der Waals surface area (Å²) < 4.78 is 0. The van der Waals surface area contributed by atoms with E-state index in [1.807, 2.05) is 14.0 Å². The van der Waals surface area contributed by atoms with Crippen LogP contribution in [0.2, 0.25) is 0 Å². The summed E-state index contributed by atoms with van der Waals surface area (Å²) in [6, 6.07) is 8.53. The Kier molecular flexibility index (Phi) is 5.60. The summed E-state index contributed by atoms with van der Waals surface area (Å²) >= 11 is 3.40. The number of alkyl halides is 1. The number of hydrogen-bond donors (Lipinski definition) is 0. The van der Waals surface area contributed by atoms with Gasteiger partial charge >= 0.3 is 0 Å². The Labute approximate surface area is 125 Å². The minimum atomic E-state index is -0.0775. The van der Waals surface area contributed by atoms with Crippen LogP contribution >= 0.6 is 15.9 Å². The lowest BCUT2D eigenvalue weighted by Crippen LogP contribution is -2.32. The molecule has 2 nitrogen and oxygen atoms in total. The van der Waals surface area contributed by atoms with Gasteiger partial charge in [-0.25, -0.2) is 0 Å². The van der Waals surface area contributed by atoms with Crippen molar-refractivity contribution in [3.05, 3.63) is 35.4 Å². The number of carbonyl (C=O) groups is 1. The Balaban J connectivity index is 2.71. The van der Waals surface area contributed by atoms with E-state index in [9.17, 15) is 4.79 Å². The Morgan fingerprint density at radius 1 is 1.26 bits per heavy atom. The molecule has 0 radical (unpaired) electrons. The van der Waals surface area contributed by atoms with Crippen molar-refractivity contribution in [3.8, 4) is 0 Å². The van der Waals surface area contributed by atoms with Crippen LogP contribution in [0.3, 0.4) is 0 Å². The SMILES string of the molecule is CCC(Br)C(=O)N(C)Cc1ccc(C(C)(C)C)cc1. The maximum atomic E-state index is 12.0. The first-order valence-electron chi connectivity index (χ1n) is 6.74. The normalized spacial score (nSPS) is 13.2. The Bertz CT molecular complexity index is 419. The minimum absolute atomic E-state index is 0.0775. The van der Waals surface area contributed by atoms with Crippen LogP contribution in [0, 0.1) is 0 Å². The summed E-state index contributed by atoms with van der Waals surface area (Å²) in [4.78, 5) is 13.7. The van der Waals surface area contributed by atoms with E-state index in [-0.39, 0.29) is 16.1 Å². The lowest BCUT2D eigenvalue weighted by atomic mass is 9.87. The molecule has 1 atom stereocenters. The Morgan fingerprint density at radius 3 is 2.21 bits per heavy atom. The molecule has 1 unspecified atom stereocenters. The predicted octanol–water partition coefficient (Wildman–Crippen LogP) is 4.12. The summed E-state index contributed by atoms with van der Waals surface area (Å²) in [5, 5.41) is 0. The molecule has 0 aliphatic carbocycles. The van der Waals surface area contributed by atoms with Gasteiger partial charge in [-0.3, -0.25) is 4.79 Å². The van der Waals surface area contributed by atoms with E-state index >= 15 is 0 Å². The fourth-order valence-corrected chi connectivity index (χ4v) is 2.23. The van der Waals surface area contributed by atoms with Crippen LogP contribution in [0.4, 0.5) is 0 Å². The molecule has 1 rings (SSSR count). The third kappa shape index (κ3) is 4.64. The van der Waals surface area contributed by atoms with Crippen molar-refractivity contribution in [1.82, 2.24) is 4.90 Å². The lowest BCUT2D eigenvalue weighted by Gasteiger charge is -2.22. The van der Waals surface area contributed by atoms with Crippen molar-refractivity contribution in [2.24, 2.45) is 0 Å². The highest BCUT2D eigenvalue weighted by atomic mass is 79.9. The van der Waals surface area contributed by atoms with Crippen molar-refractivity contribution in [1.29, 1.82) is 0 Å². The monoisotopic (exact) mass is 325 g/mol. The van der Waals surface area contributed by atoms with Crippen LogP contribution in [0.25, 0.3) is 0 Å². The maximum Gasteiger partial charge on any atom is 0.236 e. The van der Waals surface area contributed by atoms with E-state index in [1.165, 1.54) is 11.1 Å². The minimum Gasteiger partial charge on any atom is -0.340 e. The first kappa shape index (κ1) is 16.2. The van der Waals surface area contributed by atoms with Gasteiger partial charge in [0.1, 0.15) is 0 Å². The van der Waals surface area contributed by atoms with E-state index in [0.717, 1.165) is 6.42 Å². The van der Waals surface area contributed by atoms with Gasteiger partial charge in [-0.15, -0.1) is 0 Å². The molecule has 0 heterocycles. The number of carbonyl (C=O) groups excluding carboxylic acids is 1. The van der Waals surface area contributed by atoms with Crippen LogP contribution < -0.4 is 0 Å². The van der Waals surface area contributed by atoms with Gasteiger partial charge in [0, 0.05) is 13.6 Å². The van der Waals surface area contributed by atoms with Gasteiger partial charge in [0.25, 0.3) is 0 Å². The largest absolute Gasteiger partial charge is 0.340 e. The van der Waals surface area contributed by atoms with Crippen LogP contribution in [-0.2, 0) is 16.8 Å². The van der Waals surface area contributed by atoms with Gasteiger partial charge in [-0.2, -0.15) is 0 Å². The zero-order valence-corrected chi connectivity index (χ0v) is 14.1. The van der Waals surface area contributed by atoms with E-state index in [0.29, 0.717) is 6.54 Å². The topological polar surface area (TPSA) is 20.3 Å². The quantitative estimate of drug-likeness (QED) is 0.762. The highest BCUT2D eigenvalue weighted by molar-refractivity contribution is 9.10. The zero-order chi connectivity index (χ0) is 14.6. The molecule has 0 spiro atoms. The molecular formula is C16H24BrNO. The summed E-state index contributed by atoms with van der Waals surface area (Å²) in [6.07, 6.45) is 0.812. The van der Waals surface area contributed by atoms with Gasteiger partial charge in [0.2, 0.25) is 5.91 Å². The van der Waals surface area contributed by atoms with E-state index in [1.54, 1.807) is 4.90 Å². The number of hydrogen-bond acceptors (Lipinski definition) is 1. The van der Waals surface area contributed by atoms with E-state index in [2.05, 4.69) is 61.0 Å². The van der Waals surface area contributed by atoms with Gasteiger partial charge < -0.3 is 4.90 Å². The molecule has 0 saturated heterocycles. The van der Waals surface area contributed by atoms with Crippen LogP contribution in [0.5, 0.6) is 0 Å². The molecule has 106 valence electrons. The lowest BCUT2D eigenvalue weighted by molar-refractivity contribution is -0.129. The smallest absolute Gasteiger partial charge is 0.236 e. The molecule has 0 N–H and O–H groups in total. The first-order chi connectivity index (χ1) is 8.75. The van der Waals surface area contributed by atoms with Crippen LogP contribution in [0.15, 0.2) is 24.3 Å². The third-order valence-corrected chi connectivity index (χ3v) is 4.28. The van der Waals surface area contributed by atoms with Gasteiger partial charge in [-0.1, -0.05) is 67.9 Å². The Hall–Kier alpha value is -0.830. The molecular weight excluding hydrogens is 302 g/mol. The number of rotatable bonds is 4. The molecule has 1 amide bonds. The first-order valence-corrected chi connectivity index (χ1v) is 7.65. The molecule has 0 aliphatic heterocycles. The second-order valence-electron chi connectivity index (χ2n) is 6.02. The second kappa shape index (κ2) is 6.56. The van der Waals surface area contributed by atoms with Gasteiger partial charge in [-0.05, 0) is 23.0 Å². The second-order valence-corrected chi connectivity index (χ2v) is 7.12. The molecule has 0 fully saturated rings. The summed E-state index contributed by atoms with van der Waals surface area (Å²) in [5.74, 6) is 0.141.